The van der Waals surface area contributed by atoms with Crippen molar-refractivity contribution in [3.05, 3.63) is 47.5 Å². The maximum atomic E-state index is 11.7. The molecule has 1 saturated heterocycles. The molecule has 1 aromatic carbocycles. The van der Waals surface area contributed by atoms with E-state index < -0.39 is 0 Å². The Kier molecular flexibility index (Phi) is 3.30. The summed E-state index contributed by atoms with van der Waals surface area (Å²) in [5, 5.41) is 0.712. The Bertz CT molecular complexity index is 416. The SMILES string of the molecule is C=CC1CC(=O)N(Cc2cccc(Cl)c2)C1. The summed E-state index contributed by atoms with van der Waals surface area (Å²) >= 11 is 5.90. The molecule has 0 radical (unpaired) electrons. The monoisotopic (exact) mass is 235 g/mol. The number of hydrogen-bond acceptors (Lipinski definition) is 1. The van der Waals surface area contributed by atoms with Crippen LogP contribution in [0.4, 0.5) is 0 Å². The molecule has 3 heteroatoms. The van der Waals surface area contributed by atoms with Gasteiger partial charge in [-0.3, -0.25) is 4.79 Å². The molecule has 1 amide bonds. The van der Waals surface area contributed by atoms with E-state index in [1.54, 1.807) is 0 Å². The summed E-state index contributed by atoms with van der Waals surface area (Å²) in [6.07, 6.45) is 2.44. The van der Waals surface area contributed by atoms with Gasteiger partial charge in [0.1, 0.15) is 0 Å². The Hall–Kier alpha value is -1.28. The van der Waals surface area contributed by atoms with Crippen LogP contribution < -0.4 is 0 Å². The Morgan fingerprint density at radius 3 is 3.00 bits per heavy atom. The summed E-state index contributed by atoms with van der Waals surface area (Å²) in [5.74, 6) is 0.497. The number of likely N-dealkylation sites (tertiary alicyclic amines) is 1. The highest BCUT2D eigenvalue weighted by Gasteiger charge is 2.27. The van der Waals surface area contributed by atoms with Crippen LogP contribution >= 0.6 is 11.6 Å². The van der Waals surface area contributed by atoms with Crippen molar-refractivity contribution >= 4 is 17.5 Å². The summed E-state index contributed by atoms with van der Waals surface area (Å²) in [6, 6.07) is 7.63. The topological polar surface area (TPSA) is 20.3 Å². The fraction of sp³-hybridized carbons (Fsp3) is 0.308. The molecule has 1 fully saturated rings. The van der Waals surface area contributed by atoms with Crippen LogP contribution in [0.3, 0.4) is 0 Å². The summed E-state index contributed by atoms with van der Waals surface area (Å²) < 4.78 is 0. The molecular weight excluding hydrogens is 222 g/mol. The fourth-order valence-corrected chi connectivity index (χ4v) is 2.18. The van der Waals surface area contributed by atoms with E-state index in [-0.39, 0.29) is 5.91 Å². The molecule has 0 aliphatic carbocycles. The molecule has 2 nitrogen and oxygen atoms in total. The van der Waals surface area contributed by atoms with Gasteiger partial charge in [-0.05, 0) is 17.7 Å². The number of nitrogens with zero attached hydrogens (tertiary/aromatic N) is 1. The molecule has 2 rings (SSSR count). The highest BCUT2D eigenvalue weighted by molar-refractivity contribution is 6.30. The van der Waals surface area contributed by atoms with Gasteiger partial charge in [0, 0.05) is 30.5 Å². The molecule has 0 aromatic heterocycles. The summed E-state index contributed by atoms with van der Waals surface area (Å²) in [7, 11) is 0. The zero-order valence-corrected chi connectivity index (χ0v) is 9.78. The maximum absolute atomic E-state index is 11.7. The minimum atomic E-state index is 0.199. The highest BCUT2D eigenvalue weighted by atomic mass is 35.5. The van der Waals surface area contributed by atoms with Crippen molar-refractivity contribution in [2.75, 3.05) is 6.54 Å². The van der Waals surface area contributed by atoms with Crippen molar-refractivity contribution < 1.29 is 4.79 Å². The number of halogens is 1. The fourth-order valence-electron chi connectivity index (χ4n) is 1.97. The van der Waals surface area contributed by atoms with E-state index >= 15 is 0 Å². The second-order valence-electron chi connectivity index (χ2n) is 4.10. The third-order valence-corrected chi connectivity index (χ3v) is 3.08. The highest BCUT2D eigenvalue weighted by Crippen LogP contribution is 2.21. The molecule has 1 aromatic rings. The van der Waals surface area contributed by atoms with Gasteiger partial charge in [-0.15, -0.1) is 6.58 Å². The van der Waals surface area contributed by atoms with Crippen molar-refractivity contribution in [3.8, 4) is 0 Å². The lowest BCUT2D eigenvalue weighted by Gasteiger charge is -2.16. The van der Waals surface area contributed by atoms with Gasteiger partial charge in [0.15, 0.2) is 0 Å². The second kappa shape index (κ2) is 4.71. The first-order chi connectivity index (χ1) is 7.69. The van der Waals surface area contributed by atoms with E-state index in [1.165, 1.54) is 0 Å². The van der Waals surface area contributed by atoms with Gasteiger partial charge in [0.2, 0.25) is 5.91 Å². The average Bonchev–Trinajstić information content (AvgIpc) is 2.60. The standard InChI is InChI=1S/C13H14ClNO/c1-2-10-7-13(16)15(8-10)9-11-4-3-5-12(14)6-11/h2-6,10H,1,7-9H2. The summed E-state index contributed by atoms with van der Waals surface area (Å²) in [6.45, 7) is 5.15. The smallest absolute Gasteiger partial charge is 0.223 e. The zero-order chi connectivity index (χ0) is 11.5. The van der Waals surface area contributed by atoms with Gasteiger partial charge in [-0.2, -0.15) is 0 Å². The van der Waals surface area contributed by atoms with E-state index in [2.05, 4.69) is 6.58 Å². The maximum Gasteiger partial charge on any atom is 0.223 e. The van der Waals surface area contributed by atoms with Crippen LogP contribution in [0.5, 0.6) is 0 Å². The number of carbonyl (C=O) groups excluding carboxylic acids is 1. The molecular formula is C13H14ClNO. The predicted octanol–water partition coefficient (Wildman–Crippen LogP) is 2.87. The van der Waals surface area contributed by atoms with Crippen LogP contribution in [0, 0.1) is 5.92 Å². The quantitative estimate of drug-likeness (QED) is 0.738. The number of amides is 1. The van der Waals surface area contributed by atoms with E-state index in [0.717, 1.165) is 12.1 Å². The van der Waals surface area contributed by atoms with Crippen molar-refractivity contribution in [1.82, 2.24) is 4.90 Å². The number of rotatable bonds is 3. The van der Waals surface area contributed by atoms with Crippen LogP contribution in [0.1, 0.15) is 12.0 Å². The third kappa shape index (κ3) is 2.45. The van der Waals surface area contributed by atoms with Gasteiger partial charge < -0.3 is 4.90 Å². The first-order valence-corrected chi connectivity index (χ1v) is 5.71. The lowest BCUT2D eigenvalue weighted by Crippen LogP contribution is -2.24. The molecule has 1 heterocycles. The van der Waals surface area contributed by atoms with Gasteiger partial charge in [-0.1, -0.05) is 29.8 Å². The summed E-state index contributed by atoms with van der Waals surface area (Å²) in [4.78, 5) is 13.5. The largest absolute Gasteiger partial charge is 0.338 e. The van der Waals surface area contributed by atoms with E-state index in [1.807, 2.05) is 35.2 Å². The van der Waals surface area contributed by atoms with E-state index in [9.17, 15) is 4.79 Å². The van der Waals surface area contributed by atoms with Crippen molar-refractivity contribution in [2.24, 2.45) is 5.92 Å². The van der Waals surface area contributed by atoms with Gasteiger partial charge in [0.25, 0.3) is 0 Å². The third-order valence-electron chi connectivity index (χ3n) is 2.84. The average molecular weight is 236 g/mol. The minimum Gasteiger partial charge on any atom is -0.338 e. The predicted molar refractivity (Wildman–Crippen MR) is 65.2 cm³/mol. The first kappa shape index (κ1) is 11.2. The molecule has 1 aliphatic heterocycles. The van der Waals surface area contributed by atoms with Crippen LogP contribution in [0.25, 0.3) is 0 Å². The molecule has 16 heavy (non-hydrogen) atoms. The Morgan fingerprint density at radius 2 is 2.38 bits per heavy atom. The van der Waals surface area contributed by atoms with E-state index in [0.29, 0.717) is 23.9 Å². The molecule has 1 atom stereocenters. The van der Waals surface area contributed by atoms with Gasteiger partial charge in [-0.25, -0.2) is 0 Å². The van der Waals surface area contributed by atoms with E-state index in [4.69, 9.17) is 11.6 Å². The summed E-state index contributed by atoms with van der Waals surface area (Å²) in [5.41, 5.74) is 1.07. The molecule has 0 spiro atoms. The molecule has 1 unspecified atom stereocenters. The zero-order valence-electron chi connectivity index (χ0n) is 9.03. The lowest BCUT2D eigenvalue weighted by molar-refractivity contribution is -0.128. The minimum absolute atomic E-state index is 0.199. The van der Waals surface area contributed by atoms with Gasteiger partial charge in [0.05, 0.1) is 0 Å². The van der Waals surface area contributed by atoms with Crippen LogP contribution in [0.2, 0.25) is 5.02 Å². The molecule has 84 valence electrons. The van der Waals surface area contributed by atoms with Crippen LogP contribution in [0.15, 0.2) is 36.9 Å². The normalized spacial score (nSPS) is 20.2. The lowest BCUT2D eigenvalue weighted by atomic mass is 10.1. The van der Waals surface area contributed by atoms with Crippen molar-refractivity contribution in [1.29, 1.82) is 0 Å². The van der Waals surface area contributed by atoms with Crippen molar-refractivity contribution in [2.45, 2.75) is 13.0 Å². The molecule has 0 N–H and O–H groups in total. The number of hydrogen-bond donors (Lipinski definition) is 0. The second-order valence-corrected chi connectivity index (χ2v) is 4.54. The Labute approximate surface area is 101 Å². The van der Waals surface area contributed by atoms with Crippen LogP contribution in [-0.2, 0) is 11.3 Å². The molecule has 0 bridgehead atoms. The van der Waals surface area contributed by atoms with Crippen LogP contribution in [-0.4, -0.2) is 17.4 Å². The van der Waals surface area contributed by atoms with Crippen molar-refractivity contribution in [3.63, 3.8) is 0 Å². The first-order valence-electron chi connectivity index (χ1n) is 5.34. The Balaban J connectivity index is 2.05. The molecule has 0 saturated carbocycles. The number of carbonyl (C=O) groups is 1. The number of benzene rings is 1. The Morgan fingerprint density at radius 1 is 1.56 bits per heavy atom. The van der Waals surface area contributed by atoms with Gasteiger partial charge >= 0.3 is 0 Å². The molecule has 1 aliphatic rings.